The van der Waals surface area contributed by atoms with Gasteiger partial charge in [0.25, 0.3) is 0 Å². The molecule has 134 valence electrons. The van der Waals surface area contributed by atoms with Crippen molar-refractivity contribution < 1.29 is 13.9 Å². The number of hydrogen-bond acceptors (Lipinski definition) is 4. The van der Waals surface area contributed by atoms with Crippen LogP contribution in [0.25, 0.3) is 11.3 Å². The highest BCUT2D eigenvalue weighted by molar-refractivity contribution is 9.10. The number of benzene rings is 1. The van der Waals surface area contributed by atoms with E-state index in [0.29, 0.717) is 13.0 Å². The molecule has 0 saturated carbocycles. The monoisotopic (exact) mass is 405 g/mol. The third-order valence-electron chi connectivity index (χ3n) is 4.13. The maximum Gasteiger partial charge on any atom is 0.307 e. The Morgan fingerprint density at radius 3 is 2.68 bits per heavy atom. The molecule has 0 N–H and O–H groups in total. The van der Waals surface area contributed by atoms with Crippen molar-refractivity contribution in [2.45, 2.75) is 45.8 Å². The highest BCUT2D eigenvalue weighted by atomic mass is 79.9. The number of carbonyl (C=O) groups excluding carboxylic acids is 1. The van der Waals surface area contributed by atoms with Crippen molar-refractivity contribution in [1.29, 1.82) is 0 Å². The van der Waals surface area contributed by atoms with Crippen molar-refractivity contribution in [3.63, 3.8) is 0 Å². The quantitative estimate of drug-likeness (QED) is 0.685. The lowest BCUT2D eigenvalue weighted by Crippen LogP contribution is -2.33. The summed E-state index contributed by atoms with van der Waals surface area (Å²) >= 11 is 3.45. The lowest BCUT2D eigenvalue weighted by atomic mass is 10.1. The Hall–Kier alpha value is -1.59. The van der Waals surface area contributed by atoms with Gasteiger partial charge in [-0.05, 0) is 39.0 Å². The van der Waals surface area contributed by atoms with Crippen LogP contribution in [0.4, 0.5) is 0 Å². The van der Waals surface area contributed by atoms with Crippen LogP contribution in [0.3, 0.4) is 0 Å². The second-order valence-corrected chi connectivity index (χ2v) is 8.34. The van der Waals surface area contributed by atoms with E-state index in [1.54, 1.807) is 0 Å². The zero-order valence-electron chi connectivity index (χ0n) is 15.0. The first-order chi connectivity index (χ1) is 11.8. The second-order valence-electron chi connectivity index (χ2n) is 7.43. The molecule has 2 heterocycles. The number of rotatable bonds is 4. The van der Waals surface area contributed by atoms with Gasteiger partial charge >= 0.3 is 5.97 Å². The predicted molar refractivity (Wildman–Crippen MR) is 101 cm³/mol. The Labute approximate surface area is 157 Å². The number of hydrogen-bond donors (Lipinski definition) is 0. The average Bonchev–Trinajstić information content (AvgIpc) is 2.95. The summed E-state index contributed by atoms with van der Waals surface area (Å²) < 4.78 is 12.5. The number of carbonyl (C=O) groups is 1. The first kappa shape index (κ1) is 18.2. The fourth-order valence-electron chi connectivity index (χ4n) is 2.98. The first-order valence-electron chi connectivity index (χ1n) is 8.62. The molecule has 0 radical (unpaired) electrons. The molecular formula is C20H24BrNO3. The molecule has 1 aliphatic heterocycles. The Bertz CT molecular complexity index is 743. The summed E-state index contributed by atoms with van der Waals surface area (Å²) in [7, 11) is 0. The van der Waals surface area contributed by atoms with E-state index in [0.717, 1.165) is 41.1 Å². The van der Waals surface area contributed by atoms with Crippen molar-refractivity contribution in [3.05, 3.63) is 46.1 Å². The van der Waals surface area contributed by atoms with Gasteiger partial charge in [-0.2, -0.15) is 0 Å². The maximum absolute atomic E-state index is 11.9. The number of fused-ring (bicyclic) bond motifs is 1. The number of halogens is 1. The van der Waals surface area contributed by atoms with Crippen molar-refractivity contribution in [3.8, 4) is 11.3 Å². The molecule has 1 aromatic carbocycles. The minimum absolute atomic E-state index is 0.138. The van der Waals surface area contributed by atoms with Crippen LogP contribution in [0.5, 0.6) is 0 Å². The lowest BCUT2D eigenvalue weighted by molar-refractivity contribution is -0.155. The van der Waals surface area contributed by atoms with Crippen LogP contribution in [0.2, 0.25) is 0 Å². The van der Waals surface area contributed by atoms with E-state index in [2.05, 4.69) is 39.0 Å². The fraction of sp³-hybridized carbons (Fsp3) is 0.450. The van der Waals surface area contributed by atoms with E-state index in [9.17, 15) is 4.79 Å². The molecule has 25 heavy (non-hydrogen) atoms. The second kappa shape index (κ2) is 7.34. The summed E-state index contributed by atoms with van der Waals surface area (Å²) in [5.74, 6) is 1.83. The molecular weight excluding hydrogens is 382 g/mol. The van der Waals surface area contributed by atoms with Gasteiger partial charge in [0.1, 0.15) is 17.1 Å². The van der Waals surface area contributed by atoms with E-state index in [1.165, 1.54) is 5.56 Å². The summed E-state index contributed by atoms with van der Waals surface area (Å²) in [6, 6.07) is 10.3. The summed E-state index contributed by atoms with van der Waals surface area (Å²) in [4.78, 5) is 14.2. The molecule has 0 bridgehead atoms. The highest BCUT2D eigenvalue weighted by Crippen LogP contribution is 2.30. The van der Waals surface area contributed by atoms with E-state index in [1.807, 2.05) is 32.9 Å². The zero-order valence-corrected chi connectivity index (χ0v) is 16.6. The maximum atomic E-state index is 11.9. The summed E-state index contributed by atoms with van der Waals surface area (Å²) in [6.45, 7) is 8.13. The zero-order chi connectivity index (χ0) is 18.0. The van der Waals surface area contributed by atoms with E-state index >= 15 is 0 Å². The standard InChI is InChI=1S/C20H24BrNO3/c1-20(2,3)25-19(23)9-11-22-10-8-17-15(13-22)12-18(24-17)14-4-6-16(21)7-5-14/h4-7,12H,8-11,13H2,1-3H3. The Morgan fingerprint density at radius 1 is 1.28 bits per heavy atom. The molecule has 0 spiro atoms. The van der Waals surface area contributed by atoms with Gasteiger partial charge in [-0.3, -0.25) is 9.69 Å². The first-order valence-corrected chi connectivity index (χ1v) is 9.41. The SMILES string of the molecule is CC(C)(C)OC(=O)CCN1CCc2oc(-c3ccc(Br)cc3)cc2C1. The third-order valence-corrected chi connectivity index (χ3v) is 4.66. The molecule has 0 aliphatic carbocycles. The van der Waals surface area contributed by atoms with Gasteiger partial charge in [-0.25, -0.2) is 0 Å². The van der Waals surface area contributed by atoms with Crippen LogP contribution < -0.4 is 0 Å². The van der Waals surface area contributed by atoms with Crippen LogP contribution in [0.15, 0.2) is 39.2 Å². The fourth-order valence-corrected chi connectivity index (χ4v) is 3.25. The van der Waals surface area contributed by atoms with Crippen molar-refractivity contribution in [1.82, 2.24) is 4.90 Å². The van der Waals surface area contributed by atoms with Gasteiger partial charge in [-0.1, -0.05) is 28.1 Å². The van der Waals surface area contributed by atoms with Gasteiger partial charge in [0.15, 0.2) is 0 Å². The molecule has 5 heteroatoms. The number of ether oxygens (including phenoxy) is 1. The van der Waals surface area contributed by atoms with Crippen molar-refractivity contribution >= 4 is 21.9 Å². The van der Waals surface area contributed by atoms with Gasteiger partial charge in [0.2, 0.25) is 0 Å². The Balaban J connectivity index is 1.60. The van der Waals surface area contributed by atoms with Crippen LogP contribution in [0, 0.1) is 0 Å². The predicted octanol–water partition coefficient (Wildman–Crippen LogP) is 4.80. The van der Waals surface area contributed by atoms with Gasteiger partial charge in [0, 0.05) is 41.7 Å². The summed E-state index contributed by atoms with van der Waals surface area (Å²) in [6.07, 6.45) is 1.30. The van der Waals surface area contributed by atoms with Crippen LogP contribution >= 0.6 is 15.9 Å². The van der Waals surface area contributed by atoms with Crippen LogP contribution in [0.1, 0.15) is 38.5 Å². The topological polar surface area (TPSA) is 42.7 Å². The van der Waals surface area contributed by atoms with Crippen LogP contribution in [-0.2, 0) is 22.5 Å². The van der Waals surface area contributed by atoms with Crippen molar-refractivity contribution in [2.24, 2.45) is 0 Å². The molecule has 3 rings (SSSR count). The summed E-state index contributed by atoms with van der Waals surface area (Å²) in [5.41, 5.74) is 1.88. The lowest BCUT2D eigenvalue weighted by Gasteiger charge is -2.26. The van der Waals surface area contributed by atoms with Crippen LogP contribution in [-0.4, -0.2) is 29.6 Å². The minimum atomic E-state index is -0.420. The third kappa shape index (κ3) is 4.95. The Kier molecular flexibility index (Phi) is 5.35. The molecule has 2 aromatic rings. The molecule has 4 nitrogen and oxygen atoms in total. The van der Waals surface area contributed by atoms with E-state index < -0.39 is 5.60 Å². The normalized spacial score (nSPS) is 15.0. The highest BCUT2D eigenvalue weighted by Gasteiger charge is 2.23. The average molecular weight is 406 g/mol. The van der Waals surface area contributed by atoms with Gasteiger partial charge < -0.3 is 9.15 Å². The molecule has 0 saturated heterocycles. The van der Waals surface area contributed by atoms with Gasteiger partial charge in [-0.15, -0.1) is 0 Å². The largest absolute Gasteiger partial charge is 0.461 e. The van der Waals surface area contributed by atoms with Crippen molar-refractivity contribution in [2.75, 3.05) is 13.1 Å². The van der Waals surface area contributed by atoms with E-state index in [4.69, 9.17) is 9.15 Å². The molecule has 0 fully saturated rings. The number of nitrogens with zero attached hydrogens (tertiary/aromatic N) is 1. The Morgan fingerprint density at radius 2 is 2.00 bits per heavy atom. The smallest absolute Gasteiger partial charge is 0.307 e. The van der Waals surface area contributed by atoms with E-state index in [-0.39, 0.29) is 5.97 Å². The molecule has 1 aromatic heterocycles. The van der Waals surface area contributed by atoms with Gasteiger partial charge in [0.05, 0.1) is 6.42 Å². The number of furan rings is 1. The molecule has 0 atom stereocenters. The molecule has 0 amide bonds. The minimum Gasteiger partial charge on any atom is -0.461 e. The molecule has 0 unspecified atom stereocenters. The summed E-state index contributed by atoms with van der Waals surface area (Å²) in [5, 5.41) is 0. The number of esters is 1. The molecule has 1 aliphatic rings.